The van der Waals surface area contributed by atoms with Crippen LogP contribution in [0.2, 0.25) is 0 Å². The number of aromatic nitrogens is 2. The van der Waals surface area contributed by atoms with E-state index in [2.05, 4.69) is 5.32 Å². The molecule has 0 radical (unpaired) electrons. The second kappa shape index (κ2) is 15.4. The first-order valence-corrected chi connectivity index (χ1v) is 18.5. The number of amides is 2. The molecule has 1 aromatic heterocycles. The molecule has 0 spiro atoms. The number of carbonyl (C=O) groups excluding carboxylic acids is 3. The fraction of sp³-hybridized carbons (Fsp3) is 0.244. The van der Waals surface area contributed by atoms with E-state index in [1.54, 1.807) is 43.9 Å². The van der Waals surface area contributed by atoms with Gasteiger partial charge in [-0.05, 0) is 74.1 Å². The van der Waals surface area contributed by atoms with Crippen LogP contribution in [0.4, 0.5) is 19.4 Å². The predicted molar refractivity (Wildman–Crippen MR) is 210 cm³/mol. The van der Waals surface area contributed by atoms with Gasteiger partial charge >= 0.3 is 12.1 Å². The maximum absolute atomic E-state index is 15.6. The number of halogens is 2. The molecule has 0 bridgehead atoms. The lowest BCUT2D eigenvalue weighted by atomic mass is 9.77. The molecule has 1 N–H and O–H groups in total. The van der Waals surface area contributed by atoms with Gasteiger partial charge in [-0.15, -0.1) is 0 Å². The summed E-state index contributed by atoms with van der Waals surface area (Å²) in [4.78, 5) is 41.2. The number of likely N-dealkylation sites (tertiary alicyclic amines) is 1. The van der Waals surface area contributed by atoms with Crippen LogP contribution < -0.4 is 5.32 Å². The lowest BCUT2D eigenvalue weighted by Gasteiger charge is -2.37. The smallest absolute Gasteiger partial charge is 0.410 e. The molecule has 0 unspecified atom stereocenters. The van der Waals surface area contributed by atoms with Gasteiger partial charge in [0.05, 0.1) is 24.1 Å². The van der Waals surface area contributed by atoms with Crippen LogP contribution >= 0.6 is 0 Å². The van der Waals surface area contributed by atoms with Crippen LogP contribution in [0.3, 0.4) is 0 Å². The summed E-state index contributed by atoms with van der Waals surface area (Å²) in [6, 6.07) is 36.6. The van der Waals surface area contributed by atoms with Gasteiger partial charge in [-0.1, -0.05) is 97.1 Å². The van der Waals surface area contributed by atoms with Crippen molar-refractivity contribution in [3.8, 4) is 11.1 Å². The minimum absolute atomic E-state index is 0.0422. The molecule has 1 aliphatic rings. The monoisotopic (exact) mass is 756 g/mol. The Kier molecular flexibility index (Phi) is 10.4. The number of hydrogen-bond donors (Lipinski definition) is 1. The summed E-state index contributed by atoms with van der Waals surface area (Å²) in [5.41, 5.74) is 1.33. The number of piperidine rings is 1. The number of benzene rings is 5. The van der Waals surface area contributed by atoms with Crippen molar-refractivity contribution in [1.29, 1.82) is 0 Å². The summed E-state index contributed by atoms with van der Waals surface area (Å²) < 4.78 is 42.6. The van der Waals surface area contributed by atoms with Crippen LogP contribution in [-0.2, 0) is 19.8 Å². The number of ether oxygens (including phenoxy) is 2. The maximum Gasteiger partial charge on any atom is 0.410 e. The first-order valence-electron chi connectivity index (χ1n) is 18.5. The lowest BCUT2D eigenvalue weighted by Crippen LogP contribution is -2.45. The summed E-state index contributed by atoms with van der Waals surface area (Å²) in [5, 5.41) is 8.75. The van der Waals surface area contributed by atoms with Crippen molar-refractivity contribution in [2.75, 3.05) is 25.5 Å². The highest BCUT2D eigenvalue weighted by molar-refractivity contribution is 6.03. The van der Waals surface area contributed by atoms with Crippen molar-refractivity contribution in [3.05, 3.63) is 155 Å². The first-order chi connectivity index (χ1) is 26.9. The van der Waals surface area contributed by atoms with Crippen molar-refractivity contribution in [3.63, 3.8) is 0 Å². The Morgan fingerprint density at radius 3 is 1.93 bits per heavy atom. The highest BCUT2D eigenvalue weighted by Crippen LogP contribution is 2.44. The van der Waals surface area contributed by atoms with Crippen molar-refractivity contribution >= 4 is 34.7 Å². The molecule has 0 saturated carbocycles. The van der Waals surface area contributed by atoms with Gasteiger partial charge in [0.1, 0.15) is 22.8 Å². The molecule has 286 valence electrons. The van der Waals surface area contributed by atoms with Crippen LogP contribution in [0.25, 0.3) is 22.0 Å². The predicted octanol–water partition coefficient (Wildman–Crippen LogP) is 9.19. The Morgan fingerprint density at radius 1 is 0.786 bits per heavy atom. The molecular weight excluding hydrogens is 715 g/mol. The number of hydrogen-bond acceptors (Lipinski definition) is 6. The summed E-state index contributed by atoms with van der Waals surface area (Å²) in [7, 11) is 1.12. The molecule has 7 rings (SSSR count). The molecule has 2 amide bonds. The van der Waals surface area contributed by atoms with Gasteiger partial charge in [0.25, 0.3) is 0 Å². The van der Waals surface area contributed by atoms with Crippen LogP contribution in [0, 0.1) is 17.6 Å². The molecule has 9 nitrogen and oxygen atoms in total. The molecule has 5 aromatic carbocycles. The number of nitrogens with zero attached hydrogens (tertiary/aromatic N) is 3. The van der Waals surface area contributed by atoms with Gasteiger partial charge in [-0.2, -0.15) is 5.10 Å². The van der Waals surface area contributed by atoms with Crippen molar-refractivity contribution in [2.45, 2.75) is 44.8 Å². The zero-order valence-electron chi connectivity index (χ0n) is 31.6. The van der Waals surface area contributed by atoms with Gasteiger partial charge < -0.3 is 19.7 Å². The molecule has 1 saturated heterocycles. The molecule has 1 atom stereocenters. The van der Waals surface area contributed by atoms with Crippen LogP contribution in [0.15, 0.2) is 121 Å². The topological polar surface area (TPSA) is 103 Å². The van der Waals surface area contributed by atoms with Gasteiger partial charge in [0.15, 0.2) is 5.82 Å². The normalized spacial score (nSPS) is 14.7. The van der Waals surface area contributed by atoms with E-state index in [-0.39, 0.29) is 23.8 Å². The Labute approximate surface area is 323 Å². The molecule has 0 aliphatic carbocycles. The average molecular weight is 757 g/mol. The van der Waals surface area contributed by atoms with E-state index in [0.717, 1.165) is 29.9 Å². The number of carbonyl (C=O) groups is 3. The van der Waals surface area contributed by atoms with Crippen LogP contribution in [-0.4, -0.2) is 58.5 Å². The average Bonchev–Trinajstić information content (AvgIpc) is 3.55. The highest BCUT2D eigenvalue weighted by Gasteiger charge is 2.41. The summed E-state index contributed by atoms with van der Waals surface area (Å²) in [5.74, 6) is -3.60. The largest absolute Gasteiger partial charge is 0.465 e. The number of methoxy groups -OCH3 is 1. The molecular formula is C45H42F2N4O5. The molecule has 11 heteroatoms. The number of anilines is 1. The van der Waals surface area contributed by atoms with E-state index in [0.29, 0.717) is 41.9 Å². The first kappa shape index (κ1) is 37.9. The number of fused-ring (bicyclic) bond motifs is 1. The molecule has 1 aliphatic heterocycles. The Balaban J connectivity index is 1.44. The second-order valence-electron chi connectivity index (χ2n) is 14.9. The number of esters is 1. The maximum atomic E-state index is 15.6. The quantitative estimate of drug-likeness (QED) is 0.123. The van der Waals surface area contributed by atoms with Gasteiger partial charge in [-0.3, -0.25) is 4.79 Å². The lowest BCUT2D eigenvalue weighted by molar-refractivity contribution is -0.121. The van der Waals surface area contributed by atoms with Gasteiger partial charge in [0.2, 0.25) is 5.91 Å². The number of rotatable bonds is 8. The third kappa shape index (κ3) is 7.24. The minimum atomic E-state index is -1.08. The van der Waals surface area contributed by atoms with Gasteiger partial charge in [-0.25, -0.2) is 23.1 Å². The second-order valence-corrected chi connectivity index (χ2v) is 14.9. The Bertz CT molecular complexity index is 2300. The van der Waals surface area contributed by atoms with E-state index >= 15 is 4.39 Å². The van der Waals surface area contributed by atoms with Gasteiger partial charge in [0, 0.05) is 30.1 Å². The summed E-state index contributed by atoms with van der Waals surface area (Å²) in [6.07, 6.45) is 0.649. The third-order valence-corrected chi connectivity index (χ3v) is 10.0. The van der Waals surface area contributed by atoms with Crippen LogP contribution in [0.1, 0.15) is 60.7 Å². The molecule has 56 heavy (non-hydrogen) atoms. The van der Waals surface area contributed by atoms with E-state index in [1.165, 1.54) is 0 Å². The molecule has 1 fully saturated rings. The Morgan fingerprint density at radius 2 is 1.38 bits per heavy atom. The van der Waals surface area contributed by atoms with E-state index in [4.69, 9.17) is 14.6 Å². The third-order valence-electron chi connectivity index (χ3n) is 10.0. The highest BCUT2D eigenvalue weighted by atomic mass is 19.1. The van der Waals surface area contributed by atoms with Crippen molar-refractivity contribution in [1.82, 2.24) is 14.7 Å². The fourth-order valence-electron chi connectivity index (χ4n) is 7.48. The number of nitrogens with one attached hydrogen (secondary N) is 1. The van der Waals surface area contributed by atoms with E-state index in [1.807, 2.05) is 95.7 Å². The fourth-order valence-corrected chi connectivity index (χ4v) is 7.48. The summed E-state index contributed by atoms with van der Waals surface area (Å²) in [6.45, 7) is 6.00. The zero-order valence-corrected chi connectivity index (χ0v) is 31.6. The van der Waals surface area contributed by atoms with Crippen LogP contribution in [0.5, 0.6) is 0 Å². The SMILES string of the molecule is COC(=O)c1cc(-c2ccc3c(c2)c(NC(=O)[C@@H]2CCCN(C(=O)OC(C)(C)C)C2)nn3C(c2ccccc2)(c2ccccc2)c2ccccc2)c(F)cc1F. The van der Waals surface area contributed by atoms with Crippen molar-refractivity contribution in [2.24, 2.45) is 5.92 Å². The Hall–Kier alpha value is -6.36. The minimum Gasteiger partial charge on any atom is -0.465 e. The van der Waals surface area contributed by atoms with E-state index in [9.17, 15) is 18.8 Å². The summed E-state index contributed by atoms with van der Waals surface area (Å²) >= 11 is 0. The standard InChI is InChI=1S/C45H42F2N4O5/c1-44(2,3)56-43(54)50-24-14-15-30(28-50)41(52)48-40-36-25-29(34-26-35(42(53)55-4)38(47)27-37(34)46)22-23-39(36)51(49-40)45(31-16-8-5-9-17-31,32-18-10-6-11-19-32)33-20-12-7-13-21-33/h5-13,16-23,25-27,30H,14-15,24,28H2,1-4H3,(H,48,49,52)/t30-/m1/s1. The van der Waals surface area contributed by atoms with Crippen molar-refractivity contribution < 1.29 is 32.6 Å². The molecule has 2 heterocycles. The molecule has 6 aromatic rings. The van der Waals surface area contributed by atoms with E-state index < -0.39 is 46.3 Å². The zero-order chi connectivity index (χ0) is 39.6.